The standard InChI is InChI=1S/C18H17N5OS3/c1-3-23-16(12-8-11(2)25-9-12)21-22-18(23)26-10-15(24)20-17-19-13-6-4-5-7-14(13)27-17/h4-9H,3,10H2,1-2H3,(H,19,20,24). The molecule has 4 aromatic rings. The summed E-state index contributed by atoms with van der Waals surface area (Å²) in [5.41, 5.74) is 1.96. The maximum atomic E-state index is 12.3. The average molecular weight is 416 g/mol. The van der Waals surface area contributed by atoms with E-state index in [2.05, 4.69) is 45.8 Å². The van der Waals surface area contributed by atoms with E-state index in [9.17, 15) is 4.79 Å². The molecule has 27 heavy (non-hydrogen) atoms. The lowest BCUT2D eigenvalue weighted by molar-refractivity contribution is -0.113. The van der Waals surface area contributed by atoms with Crippen LogP contribution in [-0.2, 0) is 11.3 Å². The van der Waals surface area contributed by atoms with E-state index in [0.29, 0.717) is 5.13 Å². The summed E-state index contributed by atoms with van der Waals surface area (Å²) in [6, 6.07) is 9.94. The molecule has 6 nitrogen and oxygen atoms in total. The smallest absolute Gasteiger partial charge is 0.236 e. The van der Waals surface area contributed by atoms with E-state index < -0.39 is 0 Å². The van der Waals surface area contributed by atoms with Crippen LogP contribution < -0.4 is 5.32 Å². The summed E-state index contributed by atoms with van der Waals surface area (Å²) in [7, 11) is 0. The molecule has 1 N–H and O–H groups in total. The zero-order valence-electron chi connectivity index (χ0n) is 14.8. The predicted molar refractivity (Wildman–Crippen MR) is 113 cm³/mol. The molecular formula is C18H17N5OS3. The number of hydrogen-bond donors (Lipinski definition) is 1. The van der Waals surface area contributed by atoms with Gasteiger partial charge in [0.15, 0.2) is 16.1 Å². The fourth-order valence-electron chi connectivity index (χ4n) is 2.67. The number of thioether (sulfide) groups is 1. The highest BCUT2D eigenvalue weighted by Crippen LogP contribution is 2.28. The number of aryl methyl sites for hydroxylation is 1. The second kappa shape index (κ2) is 7.79. The Morgan fingerprint density at radius 3 is 2.89 bits per heavy atom. The monoisotopic (exact) mass is 415 g/mol. The van der Waals surface area contributed by atoms with Gasteiger partial charge in [-0.3, -0.25) is 4.79 Å². The molecular weight excluding hydrogens is 398 g/mol. The molecule has 1 aromatic carbocycles. The quantitative estimate of drug-likeness (QED) is 0.463. The van der Waals surface area contributed by atoms with Gasteiger partial charge in [-0.1, -0.05) is 35.2 Å². The summed E-state index contributed by atoms with van der Waals surface area (Å²) in [6.45, 7) is 4.87. The number of benzene rings is 1. The predicted octanol–water partition coefficient (Wildman–Crippen LogP) is 4.68. The molecule has 138 valence electrons. The normalized spacial score (nSPS) is 11.2. The van der Waals surface area contributed by atoms with Crippen molar-refractivity contribution in [3.63, 3.8) is 0 Å². The molecule has 0 bridgehead atoms. The van der Waals surface area contributed by atoms with Gasteiger partial charge in [0.05, 0.1) is 16.0 Å². The number of fused-ring (bicyclic) bond motifs is 1. The first-order valence-electron chi connectivity index (χ1n) is 8.41. The molecule has 0 aliphatic heterocycles. The highest BCUT2D eigenvalue weighted by molar-refractivity contribution is 7.99. The van der Waals surface area contributed by atoms with Crippen LogP contribution in [0, 0.1) is 6.92 Å². The second-order valence-electron chi connectivity index (χ2n) is 5.82. The molecule has 0 fully saturated rings. The van der Waals surface area contributed by atoms with Crippen molar-refractivity contribution >= 4 is 55.7 Å². The topological polar surface area (TPSA) is 72.7 Å². The van der Waals surface area contributed by atoms with Gasteiger partial charge in [-0.2, -0.15) is 0 Å². The van der Waals surface area contributed by atoms with Gasteiger partial charge in [0, 0.05) is 22.4 Å². The van der Waals surface area contributed by atoms with Crippen LogP contribution in [-0.4, -0.2) is 31.4 Å². The van der Waals surface area contributed by atoms with Crippen LogP contribution >= 0.6 is 34.4 Å². The third kappa shape index (κ3) is 3.90. The average Bonchev–Trinajstić information content (AvgIpc) is 3.36. The van der Waals surface area contributed by atoms with Crippen LogP contribution in [0.25, 0.3) is 21.6 Å². The number of aromatic nitrogens is 4. The van der Waals surface area contributed by atoms with Crippen molar-refractivity contribution in [1.29, 1.82) is 0 Å². The van der Waals surface area contributed by atoms with Gasteiger partial charge in [0.1, 0.15) is 0 Å². The minimum atomic E-state index is -0.0994. The van der Waals surface area contributed by atoms with E-state index in [4.69, 9.17) is 0 Å². The van der Waals surface area contributed by atoms with Gasteiger partial charge < -0.3 is 9.88 Å². The summed E-state index contributed by atoms with van der Waals surface area (Å²) < 4.78 is 3.10. The molecule has 0 aliphatic rings. The highest BCUT2D eigenvalue weighted by Gasteiger charge is 2.16. The Balaban J connectivity index is 1.43. The van der Waals surface area contributed by atoms with Gasteiger partial charge in [-0.25, -0.2) is 4.98 Å². The van der Waals surface area contributed by atoms with Gasteiger partial charge in [-0.15, -0.1) is 21.5 Å². The number of carbonyl (C=O) groups excluding carboxylic acids is 1. The van der Waals surface area contributed by atoms with E-state index in [1.807, 2.05) is 28.8 Å². The number of anilines is 1. The maximum absolute atomic E-state index is 12.3. The van der Waals surface area contributed by atoms with Crippen molar-refractivity contribution in [1.82, 2.24) is 19.7 Å². The van der Waals surface area contributed by atoms with Gasteiger partial charge in [0.25, 0.3) is 0 Å². The first-order valence-corrected chi connectivity index (χ1v) is 11.1. The summed E-state index contributed by atoms with van der Waals surface area (Å²) in [5, 5.41) is 14.9. The lowest BCUT2D eigenvalue weighted by Crippen LogP contribution is -2.14. The van der Waals surface area contributed by atoms with Crippen LogP contribution in [0.2, 0.25) is 0 Å². The van der Waals surface area contributed by atoms with Crippen molar-refractivity contribution < 1.29 is 4.79 Å². The number of thiophene rings is 1. The zero-order valence-corrected chi connectivity index (χ0v) is 17.2. The number of para-hydroxylation sites is 1. The Labute approximate surface area is 168 Å². The van der Waals surface area contributed by atoms with Crippen molar-refractivity contribution in [2.24, 2.45) is 0 Å². The van der Waals surface area contributed by atoms with Crippen LogP contribution in [0.3, 0.4) is 0 Å². The number of rotatable bonds is 6. The molecule has 0 spiro atoms. The first-order chi connectivity index (χ1) is 13.1. The van der Waals surface area contributed by atoms with Crippen molar-refractivity contribution in [2.45, 2.75) is 25.5 Å². The third-order valence-corrected chi connectivity index (χ3v) is 6.67. The number of thiazole rings is 1. The summed E-state index contributed by atoms with van der Waals surface area (Å²) in [6.07, 6.45) is 0. The number of hydrogen-bond acceptors (Lipinski definition) is 7. The Morgan fingerprint density at radius 2 is 2.15 bits per heavy atom. The van der Waals surface area contributed by atoms with Crippen LogP contribution in [0.1, 0.15) is 11.8 Å². The lowest BCUT2D eigenvalue weighted by atomic mass is 10.3. The van der Waals surface area contributed by atoms with E-state index in [-0.39, 0.29) is 11.7 Å². The number of carbonyl (C=O) groups is 1. The third-order valence-electron chi connectivity index (χ3n) is 3.89. The van der Waals surface area contributed by atoms with E-state index in [0.717, 1.165) is 33.3 Å². The molecule has 4 rings (SSSR count). The second-order valence-corrected chi connectivity index (χ2v) is 8.91. The first kappa shape index (κ1) is 18.1. The summed E-state index contributed by atoms with van der Waals surface area (Å²) in [5.74, 6) is 1.00. The van der Waals surface area contributed by atoms with Crippen LogP contribution in [0.4, 0.5) is 5.13 Å². The fraction of sp³-hybridized carbons (Fsp3) is 0.222. The van der Waals surface area contributed by atoms with Gasteiger partial charge in [0.2, 0.25) is 5.91 Å². The van der Waals surface area contributed by atoms with E-state index >= 15 is 0 Å². The zero-order chi connectivity index (χ0) is 18.8. The molecule has 0 unspecified atom stereocenters. The number of nitrogens with zero attached hydrogens (tertiary/aromatic N) is 4. The molecule has 0 atom stereocenters. The number of nitrogens with one attached hydrogen (secondary N) is 1. The Bertz CT molecular complexity index is 1060. The minimum Gasteiger partial charge on any atom is -0.302 e. The van der Waals surface area contributed by atoms with Gasteiger partial charge >= 0.3 is 0 Å². The minimum absolute atomic E-state index is 0.0994. The number of amides is 1. The van der Waals surface area contributed by atoms with Crippen molar-refractivity contribution in [2.75, 3.05) is 11.1 Å². The van der Waals surface area contributed by atoms with Crippen LogP contribution in [0.5, 0.6) is 0 Å². The Hall–Kier alpha value is -2.23. The summed E-state index contributed by atoms with van der Waals surface area (Å²) >= 11 is 4.55. The Morgan fingerprint density at radius 1 is 1.30 bits per heavy atom. The summed E-state index contributed by atoms with van der Waals surface area (Å²) in [4.78, 5) is 18.0. The molecule has 3 heterocycles. The van der Waals surface area contributed by atoms with Crippen LogP contribution in [0.15, 0.2) is 40.9 Å². The Kier molecular flexibility index (Phi) is 5.24. The molecule has 9 heteroatoms. The van der Waals surface area contributed by atoms with E-state index in [1.165, 1.54) is 28.0 Å². The largest absolute Gasteiger partial charge is 0.302 e. The van der Waals surface area contributed by atoms with E-state index in [1.54, 1.807) is 11.3 Å². The van der Waals surface area contributed by atoms with Crippen molar-refractivity contribution in [3.8, 4) is 11.4 Å². The molecule has 1 amide bonds. The fourth-order valence-corrected chi connectivity index (χ4v) is 5.03. The molecule has 0 radical (unpaired) electrons. The SMILES string of the molecule is CCn1c(SCC(=O)Nc2nc3ccccc3s2)nnc1-c1csc(C)c1. The molecule has 3 aromatic heterocycles. The molecule has 0 saturated heterocycles. The highest BCUT2D eigenvalue weighted by atomic mass is 32.2. The van der Waals surface area contributed by atoms with Gasteiger partial charge in [-0.05, 0) is 32.0 Å². The maximum Gasteiger partial charge on any atom is 0.236 e. The molecule has 0 saturated carbocycles. The molecule has 0 aliphatic carbocycles. The lowest BCUT2D eigenvalue weighted by Gasteiger charge is -2.06. The van der Waals surface area contributed by atoms with Crippen molar-refractivity contribution in [3.05, 3.63) is 40.6 Å².